The highest BCUT2D eigenvalue weighted by atomic mass is 15.2. The minimum Gasteiger partial charge on any atom is -0.356 e. The first-order chi connectivity index (χ1) is 8.85. The van der Waals surface area contributed by atoms with Crippen molar-refractivity contribution in [2.45, 2.75) is 53.6 Å². The zero-order chi connectivity index (χ0) is 14.0. The molecule has 1 aliphatic rings. The monoisotopic (exact) mass is 261 g/mol. The summed E-state index contributed by atoms with van der Waals surface area (Å²) in [4.78, 5) is 7.13. The minimum absolute atomic E-state index is 0.418. The predicted octanol–water partition coefficient (Wildman–Crippen LogP) is 3.12. The minimum atomic E-state index is 0.418. The summed E-state index contributed by atoms with van der Waals surface area (Å²) in [5, 5.41) is 3.48. The van der Waals surface area contributed by atoms with Crippen molar-refractivity contribution in [2.75, 3.05) is 18.0 Å². The SMILES string of the molecule is Cc1cc(CNC(C)C)cc(N2CCC(C)(C)C2)n1. The number of pyridine rings is 1. The Morgan fingerprint density at radius 2 is 2.11 bits per heavy atom. The van der Waals surface area contributed by atoms with Crippen LogP contribution in [0, 0.1) is 12.3 Å². The third kappa shape index (κ3) is 3.93. The number of hydrogen-bond acceptors (Lipinski definition) is 3. The van der Waals surface area contributed by atoms with E-state index in [9.17, 15) is 0 Å². The second kappa shape index (κ2) is 5.49. The van der Waals surface area contributed by atoms with Crippen LogP contribution in [0.3, 0.4) is 0 Å². The van der Waals surface area contributed by atoms with Gasteiger partial charge in [-0.2, -0.15) is 0 Å². The Hall–Kier alpha value is -1.09. The fraction of sp³-hybridized carbons (Fsp3) is 0.688. The smallest absolute Gasteiger partial charge is 0.129 e. The lowest BCUT2D eigenvalue weighted by atomic mass is 9.93. The summed E-state index contributed by atoms with van der Waals surface area (Å²) in [7, 11) is 0. The maximum Gasteiger partial charge on any atom is 0.129 e. The highest BCUT2D eigenvalue weighted by molar-refractivity contribution is 5.44. The van der Waals surface area contributed by atoms with Crippen molar-refractivity contribution < 1.29 is 0 Å². The fourth-order valence-corrected chi connectivity index (χ4v) is 2.62. The number of rotatable bonds is 4. The fourth-order valence-electron chi connectivity index (χ4n) is 2.62. The van der Waals surface area contributed by atoms with Gasteiger partial charge in [-0.05, 0) is 36.5 Å². The molecular weight excluding hydrogens is 234 g/mol. The second-order valence-corrected chi connectivity index (χ2v) is 6.85. The van der Waals surface area contributed by atoms with Gasteiger partial charge in [0.15, 0.2) is 0 Å². The molecule has 0 aromatic carbocycles. The third-order valence-electron chi connectivity index (χ3n) is 3.72. The van der Waals surface area contributed by atoms with Gasteiger partial charge in [0, 0.05) is 31.4 Å². The van der Waals surface area contributed by atoms with Crippen molar-refractivity contribution in [3.8, 4) is 0 Å². The molecule has 0 atom stereocenters. The lowest BCUT2D eigenvalue weighted by Gasteiger charge is -2.22. The molecule has 2 heterocycles. The molecule has 19 heavy (non-hydrogen) atoms. The van der Waals surface area contributed by atoms with E-state index in [-0.39, 0.29) is 0 Å². The average Bonchev–Trinajstić information content (AvgIpc) is 2.66. The van der Waals surface area contributed by atoms with Crippen LogP contribution >= 0.6 is 0 Å². The Kier molecular flexibility index (Phi) is 4.14. The number of hydrogen-bond donors (Lipinski definition) is 1. The van der Waals surface area contributed by atoms with Crippen LogP contribution in [0.2, 0.25) is 0 Å². The zero-order valence-corrected chi connectivity index (χ0v) is 13.0. The lowest BCUT2D eigenvalue weighted by molar-refractivity contribution is 0.418. The van der Waals surface area contributed by atoms with Crippen LogP contribution in [-0.4, -0.2) is 24.1 Å². The maximum atomic E-state index is 4.71. The van der Waals surface area contributed by atoms with E-state index >= 15 is 0 Å². The summed E-state index contributed by atoms with van der Waals surface area (Å²) in [5.41, 5.74) is 2.87. The Balaban J connectivity index is 2.13. The molecular formula is C16H27N3. The Bertz CT molecular complexity index is 438. The summed E-state index contributed by atoms with van der Waals surface area (Å²) in [6.07, 6.45) is 1.25. The average molecular weight is 261 g/mol. The van der Waals surface area contributed by atoms with E-state index in [1.54, 1.807) is 0 Å². The molecule has 0 saturated carbocycles. The molecule has 3 heteroatoms. The Labute approximate surface area is 117 Å². The first-order valence-electron chi connectivity index (χ1n) is 7.32. The van der Waals surface area contributed by atoms with Gasteiger partial charge in [0.05, 0.1) is 0 Å². The molecule has 1 fully saturated rings. The summed E-state index contributed by atoms with van der Waals surface area (Å²) in [5.74, 6) is 1.14. The first kappa shape index (κ1) is 14.3. The second-order valence-electron chi connectivity index (χ2n) is 6.85. The Morgan fingerprint density at radius 1 is 1.37 bits per heavy atom. The van der Waals surface area contributed by atoms with E-state index in [1.165, 1.54) is 12.0 Å². The van der Waals surface area contributed by atoms with E-state index in [4.69, 9.17) is 4.98 Å². The lowest BCUT2D eigenvalue weighted by Crippen LogP contribution is -2.25. The first-order valence-corrected chi connectivity index (χ1v) is 7.32. The number of nitrogens with zero attached hydrogens (tertiary/aromatic N) is 2. The molecule has 1 N–H and O–H groups in total. The standard InChI is InChI=1S/C16H27N3/c1-12(2)17-10-14-8-13(3)18-15(9-14)19-7-6-16(4,5)11-19/h8-9,12,17H,6-7,10-11H2,1-5H3. The molecule has 1 aliphatic heterocycles. The van der Waals surface area contributed by atoms with E-state index in [1.807, 2.05) is 0 Å². The predicted molar refractivity (Wildman–Crippen MR) is 81.6 cm³/mol. The number of anilines is 1. The maximum absolute atomic E-state index is 4.71. The molecule has 1 aromatic heterocycles. The van der Waals surface area contributed by atoms with Gasteiger partial charge in [-0.3, -0.25) is 0 Å². The van der Waals surface area contributed by atoms with Gasteiger partial charge >= 0.3 is 0 Å². The van der Waals surface area contributed by atoms with Crippen LogP contribution in [0.1, 0.15) is 45.4 Å². The van der Waals surface area contributed by atoms with Gasteiger partial charge in [0.2, 0.25) is 0 Å². The van der Waals surface area contributed by atoms with Crippen molar-refractivity contribution in [2.24, 2.45) is 5.41 Å². The van der Waals surface area contributed by atoms with Crippen molar-refractivity contribution in [3.05, 3.63) is 23.4 Å². The van der Waals surface area contributed by atoms with Crippen LogP contribution in [0.15, 0.2) is 12.1 Å². The molecule has 0 bridgehead atoms. The number of nitrogens with one attached hydrogen (secondary N) is 1. The van der Waals surface area contributed by atoms with Crippen LogP contribution in [0.5, 0.6) is 0 Å². The molecule has 0 radical (unpaired) electrons. The highest BCUT2D eigenvalue weighted by Crippen LogP contribution is 2.32. The van der Waals surface area contributed by atoms with E-state index in [0.717, 1.165) is 31.1 Å². The number of aromatic nitrogens is 1. The van der Waals surface area contributed by atoms with Gasteiger partial charge < -0.3 is 10.2 Å². The van der Waals surface area contributed by atoms with Crippen LogP contribution < -0.4 is 10.2 Å². The van der Waals surface area contributed by atoms with Crippen LogP contribution in [0.4, 0.5) is 5.82 Å². The molecule has 1 saturated heterocycles. The van der Waals surface area contributed by atoms with Crippen molar-refractivity contribution in [1.82, 2.24) is 10.3 Å². The topological polar surface area (TPSA) is 28.2 Å². The van der Waals surface area contributed by atoms with Gasteiger partial charge in [-0.1, -0.05) is 27.7 Å². The van der Waals surface area contributed by atoms with Crippen molar-refractivity contribution >= 4 is 5.82 Å². The van der Waals surface area contributed by atoms with Crippen molar-refractivity contribution in [3.63, 3.8) is 0 Å². The molecule has 2 rings (SSSR count). The molecule has 0 amide bonds. The number of aryl methyl sites for hydroxylation is 1. The molecule has 1 aromatic rings. The third-order valence-corrected chi connectivity index (χ3v) is 3.72. The van der Waals surface area contributed by atoms with Gasteiger partial charge in [0.25, 0.3) is 0 Å². The quantitative estimate of drug-likeness (QED) is 0.902. The van der Waals surface area contributed by atoms with Crippen LogP contribution in [0.25, 0.3) is 0 Å². The van der Waals surface area contributed by atoms with Crippen molar-refractivity contribution in [1.29, 1.82) is 0 Å². The molecule has 0 aliphatic carbocycles. The summed E-state index contributed by atoms with van der Waals surface area (Å²) in [6, 6.07) is 4.94. The van der Waals surface area contributed by atoms with Gasteiger partial charge in [-0.25, -0.2) is 4.98 Å². The molecule has 3 nitrogen and oxygen atoms in total. The van der Waals surface area contributed by atoms with E-state index < -0.39 is 0 Å². The van der Waals surface area contributed by atoms with E-state index in [2.05, 4.69) is 57.0 Å². The van der Waals surface area contributed by atoms with E-state index in [0.29, 0.717) is 11.5 Å². The summed E-state index contributed by atoms with van der Waals surface area (Å²) in [6.45, 7) is 14.3. The zero-order valence-electron chi connectivity index (χ0n) is 13.0. The largest absolute Gasteiger partial charge is 0.356 e. The molecule has 0 spiro atoms. The molecule has 106 valence electrons. The Morgan fingerprint density at radius 3 is 2.68 bits per heavy atom. The summed E-state index contributed by atoms with van der Waals surface area (Å²) >= 11 is 0. The van der Waals surface area contributed by atoms with Gasteiger partial charge in [0.1, 0.15) is 5.82 Å². The summed E-state index contributed by atoms with van der Waals surface area (Å²) < 4.78 is 0. The molecule has 0 unspecified atom stereocenters. The van der Waals surface area contributed by atoms with Crippen LogP contribution in [-0.2, 0) is 6.54 Å². The van der Waals surface area contributed by atoms with Gasteiger partial charge in [-0.15, -0.1) is 0 Å². The highest BCUT2D eigenvalue weighted by Gasteiger charge is 2.29. The normalized spacial score (nSPS) is 18.3.